The van der Waals surface area contributed by atoms with E-state index in [-0.39, 0.29) is 11.3 Å². The predicted octanol–water partition coefficient (Wildman–Crippen LogP) is 1.89. The van der Waals surface area contributed by atoms with Gasteiger partial charge in [0.2, 0.25) is 0 Å². The molecule has 1 aromatic heterocycles. The molecule has 0 aliphatic carbocycles. The molecule has 0 unspecified atom stereocenters. The van der Waals surface area contributed by atoms with Crippen molar-refractivity contribution < 1.29 is 9.72 Å². The summed E-state index contributed by atoms with van der Waals surface area (Å²) in [6.07, 6.45) is 1.46. The highest BCUT2D eigenvalue weighted by molar-refractivity contribution is 6.08. The Bertz CT molecular complexity index is 937. The van der Waals surface area contributed by atoms with E-state index in [0.29, 0.717) is 11.4 Å². The average molecular weight is 353 g/mol. The minimum atomic E-state index is -0.531. The molecule has 0 atom stereocenters. The number of carbonyl (C=O) groups excluding carboxylic acids is 1. The zero-order valence-electron chi connectivity index (χ0n) is 14.0. The van der Waals surface area contributed by atoms with Gasteiger partial charge in [0.05, 0.1) is 16.2 Å². The fraction of sp³-hybridized carbons (Fsp3) is 0.125. The lowest BCUT2D eigenvalue weighted by atomic mass is 10.1. The van der Waals surface area contributed by atoms with Gasteiger partial charge in [0.25, 0.3) is 11.6 Å². The van der Waals surface area contributed by atoms with Crippen molar-refractivity contribution in [2.75, 3.05) is 24.3 Å². The van der Waals surface area contributed by atoms with Gasteiger partial charge in [0, 0.05) is 37.6 Å². The zero-order chi connectivity index (χ0) is 18.7. The monoisotopic (exact) mass is 353 g/mol. The Morgan fingerprint density at radius 2 is 1.92 bits per heavy atom. The number of hydrogen-bond acceptors (Lipinski definition) is 7. The molecule has 26 heavy (non-hydrogen) atoms. The number of non-ortho nitro benzene ring substituents is 1. The summed E-state index contributed by atoms with van der Waals surface area (Å²) < 4.78 is 1.48. The Kier molecular flexibility index (Phi) is 4.56. The van der Waals surface area contributed by atoms with Crippen molar-refractivity contribution in [3.63, 3.8) is 0 Å². The van der Waals surface area contributed by atoms with Gasteiger partial charge in [0.15, 0.2) is 0 Å². The second kappa shape index (κ2) is 6.97. The second-order valence-electron chi connectivity index (χ2n) is 5.61. The third-order valence-electron chi connectivity index (χ3n) is 3.66. The second-order valence-corrected chi connectivity index (χ2v) is 5.61. The van der Waals surface area contributed by atoms with Crippen molar-refractivity contribution in [1.82, 2.24) is 20.2 Å². The molecule has 0 saturated carbocycles. The molecular formula is C16H15N7O3. The van der Waals surface area contributed by atoms with Crippen molar-refractivity contribution in [1.29, 1.82) is 0 Å². The van der Waals surface area contributed by atoms with E-state index in [4.69, 9.17) is 0 Å². The predicted molar refractivity (Wildman–Crippen MR) is 94.5 cm³/mol. The highest BCUT2D eigenvalue weighted by Crippen LogP contribution is 2.25. The Hall–Kier alpha value is -3.82. The highest BCUT2D eigenvalue weighted by Gasteiger charge is 2.18. The van der Waals surface area contributed by atoms with Crippen LogP contribution in [0.3, 0.4) is 0 Å². The molecule has 1 N–H and O–H groups in total. The molecule has 3 rings (SSSR count). The van der Waals surface area contributed by atoms with E-state index in [1.54, 1.807) is 49.3 Å². The van der Waals surface area contributed by atoms with Crippen LogP contribution >= 0.6 is 0 Å². The third kappa shape index (κ3) is 3.48. The summed E-state index contributed by atoms with van der Waals surface area (Å²) in [7, 11) is 3.53. The van der Waals surface area contributed by atoms with Gasteiger partial charge >= 0.3 is 0 Å². The number of rotatable bonds is 5. The lowest BCUT2D eigenvalue weighted by Crippen LogP contribution is -2.18. The first-order chi connectivity index (χ1) is 12.5. The SMILES string of the molecule is CN(C)c1ccc([N+](=O)[O-])cc1C(=O)Nc1ccc(-n2cnnn2)cc1. The first-order valence-corrected chi connectivity index (χ1v) is 7.56. The Labute approximate surface area is 148 Å². The summed E-state index contributed by atoms with van der Waals surface area (Å²) in [6, 6.07) is 11.1. The first kappa shape index (κ1) is 17.0. The maximum absolute atomic E-state index is 12.6. The van der Waals surface area contributed by atoms with Gasteiger partial charge in [-0.1, -0.05) is 0 Å². The van der Waals surface area contributed by atoms with Gasteiger partial charge in [0.1, 0.15) is 6.33 Å². The number of nitrogens with zero attached hydrogens (tertiary/aromatic N) is 6. The summed E-state index contributed by atoms with van der Waals surface area (Å²) in [5.74, 6) is -0.437. The summed E-state index contributed by atoms with van der Waals surface area (Å²) in [6.45, 7) is 0. The molecule has 3 aromatic rings. The Morgan fingerprint density at radius 3 is 2.50 bits per heavy atom. The largest absolute Gasteiger partial charge is 0.377 e. The number of benzene rings is 2. The van der Waals surface area contributed by atoms with Crippen LogP contribution in [0.5, 0.6) is 0 Å². The van der Waals surface area contributed by atoms with Gasteiger partial charge in [-0.05, 0) is 40.8 Å². The van der Waals surface area contributed by atoms with Crippen molar-refractivity contribution in [2.24, 2.45) is 0 Å². The molecule has 0 saturated heterocycles. The van der Waals surface area contributed by atoms with E-state index in [0.717, 1.165) is 5.69 Å². The Morgan fingerprint density at radius 1 is 1.19 bits per heavy atom. The number of aromatic nitrogens is 4. The standard InChI is InChI=1S/C16H15N7O3/c1-21(2)15-8-7-13(23(25)26)9-14(15)16(24)18-11-3-5-12(6-4-11)22-10-17-19-20-22/h3-10H,1-2H3,(H,18,24). The van der Waals surface area contributed by atoms with E-state index in [1.165, 1.54) is 23.1 Å². The molecule has 0 fully saturated rings. The molecule has 1 heterocycles. The minimum Gasteiger partial charge on any atom is -0.377 e. The quantitative estimate of drug-likeness (QED) is 0.549. The van der Waals surface area contributed by atoms with Crippen LogP contribution in [0.4, 0.5) is 17.1 Å². The summed E-state index contributed by atoms with van der Waals surface area (Å²) in [4.78, 5) is 24.8. The molecule has 1 amide bonds. The fourth-order valence-corrected chi connectivity index (χ4v) is 2.38. The van der Waals surface area contributed by atoms with Gasteiger partial charge < -0.3 is 10.2 Å². The van der Waals surface area contributed by atoms with Crippen LogP contribution in [-0.2, 0) is 0 Å². The fourth-order valence-electron chi connectivity index (χ4n) is 2.38. The molecule has 10 nitrogen and oxygen atoms in total. The molecule has 2 aromatic carbocycles. The first-order valence-electron chi connectivity index (χ1n) is 7.56. The molecular weight excluding hydrogens is 338 g/mol. The molecule has 0 radical (unpaired) electrons. The lowest BCUT2D eigenvalue weighted by Gasteiger charge is -2.17. The van der Waals surface area contributed by atoms with Gasteiger partial charge in [-0.25, -0.2) is 4.68 Å². The van der Waals surface area contributed by atoms with E-state index in [1.807, 2.05) is 0 Å². The number of anilines is 2. The molecule has 10 heteroatoms. The number of nitro benzene ring substituents is 1. The molecule has 0 spiro atoms. The Balaban J connectivity index is 1.85. The molecule has 132 valence electrons. The van der Waals surface area contributed by atoms with Crippen molar-refractivity contribution >= 4 is 23.0 Å². The number of amides is 1. The summed E-state index contributed by atoms with van der Waals surface area (Å²) >= 11 is 0. The number of nitrogens with one attached hydrogen (secondary N) is 1. The van der Waals surface area contributed by atoms with E-state index in [9.17, 15) is 14.9 Å². The van der Waals surface area contributed by atoms with E-state index >= 15 is 0 Å². The minimum absolute atomic E-state index is 0.144. The maximum atomic E-state index is 12.6. The van der Waals surface area contributed by atoms with Gasteiger partial charge in [-0.2, -0.15) is 0 Å². The lowest BCUT2D eigenvalue weighted by molar-refractivity contribution is -0.384. The van der Waals surface area contributed by atoms with Crippen molar-refractivity contribution in [2.45, 2.75) is 0 Å². The zero-order valence-corrected chi connectivity index (χ0v) is 14.0. The summed E-state index contributed by atoms with van der Waals surface area (Å²) in [5, 5.41) is 24.7. The van der Waals surface area contributed by atoms with E-state index < -0.39 is 10.8 Å². The van der Waals surface area contributed by atoms with Crippen molar-refractivity contribution in [3.05, 3.63) is 64.5 Å². The van der Waals surface area contributed by atoms with Crippen LogP contribution in [0, 0.1) is 10.1 Å². The number of tetrazole rings is 1. The van der Waals surface area contributed by atoms with Crippen LogP contribution in [0.25, 0.3) is 5.69 Å². The van der Waals surface area contributed by atoms with E-state index in [2.05, 4.69) is 20.8 Å². The highest BCUT2D eigenvalue weighted by atomic mass is 16.6. The smallest absolute Gasteiger partial charge is 0.270 e. The van der Waals surface area contributed by atoms with Gasteiger partial charge in [-0.15, -0.1) is 5.10 Å². The van der Waals surface area contributed by atoms with Gasteiger partial charge in [-0.3, -0.25) is 14.9 Å². The normalized spacial score (nSPS) is 10.4. The van der Waals surface area contributed by atoms with Crippen LogP contribution in [0.15, 0.2) is 48.8 Å². The van der Waals surface area contributed by atoms with Crippen LogP contribution in [0.1, 0.15) is 10.4 Å². The van der Waals surface area contributed by atoms with Crippen LogP contribution in [-0.4, -0.2) is 45.1 Å². The molecule has 0 bridgehead atoms. The van der Waals surface area contributed by atoms with Crippen LogP contribution < -0.4 is 10.2 Å². The molecule has 0 aliphatic heterocycles. The molecule has 0 aliphatic rings. The average Bonchev–Trinajstić information content (AvgIpc) is 3.16. The maximum Gasteiger partial charge on any atom is 0.270 e. The van der Waals surface area contributed by atoms with Crippen LogP contribution in [0.2, 0.25) is 0 Å². The number of nitro groups is 1. The third-order valence-corrected chi connectivity index (χ3v) is 3.66. The number of carbonyl (C=O) groups is 1. The number of hydrogen-bond donors (Lipinski definition) is 1. The summed E-state index contributed by atoms with van der Waals surface area (Å²) in [5.41, 5.74) is 1.93. The van der Waals surface area contributed by atoms with Crippen molar-refractivity contribution in [3.8, 4) is 5.69 Å². The topological polar surface area (TPSA) is 119 Å².